The van der Waals surface area contributed by atoms with E-state index in [1.165, 1.54) is 12.1 Å². The Labute approximate surface area is 153 Å². The van der Waals surface area contributed by atoms with Gasteiger partial charge in [-0.15, -0.1) is 0 Å². The van der Waals surface area contributed by atoms with Crippen LogP contribution in [0.15, 0.2) is 42.6 Å². The maximum atomic E-state index is 13.0. The summed E-state index contributed by atoms with van der Waals surface area (Å²) in [6, 6.07) is 10.5. The molecule has 1 aliphatic carbocycles. The summed E-state index contributed by atoms with van der Waals surface area (Å²) in [5, 5.41) is 0. The predicted octanol–water partition coefficient (Wildman–Crippen LogP) is 3.63. The molecular weight excluding hydrogens is 331 g/mol. The van der Waals surface area contributed by atoms with Gasteiger partial charge in [-0.05, 0) is 61.1 Å². The second-order valence-electron chi connectivity index (χ2n) is 7.22. The van der Waals surface area contributed by atoms with E-state index in [4.69, 9.17) is 4.74 Å². The van der Waals surface area contributed by atoms with E-state index < -0.39 is 0 Å². The van der Waals surface area contributed by atoms with Crippen molar-refractivity contribution in [1.29, 1.82) is 0 Å². The lowest BCUT2D eigenvalue weighted by molar-refractivity contribution is -0.134. The predicted molar refractivity (Wildman–Crippen MR) is 97.1 cm³/mol. The molecule has 2 aliphatic rings. The Balaban J connectivity index is 1.42. The lowest BCUT2D eigenvalue weighted by Gasteiger charge is -2.24. The topological polar surface area (TPSA) is 42.4 Å². The zero-order chi connectivity index (χ0) is 18.1. The molecular formula is C21H23FN2O2. The van der Waals surface area contributed by atoms with E-state index in [0.29, 0.717) is 6.61 Å². The lowest BCUT2D eigenvalue weighted by atomic mass is 10.1. The fourth-order valence-corrected chi connectivity index (χ4v) is 3.96. The number of aromatic nitrogens is 1. The molecule has 5 heteroatoms. The second kappa shape index (κ2) is 7.16. The van der Waals surface area contributed by atoms with Crippen molar-refractivity contribution in [2.75, 3.05) is 20.3 Å². The summed E-state index contributed by atoms with van der Waals surface area (Å²) in [5.41, 5.74) is 2.81. The first-order valence-electron chi connectivity index (χ1n) is 9.18. The fourth-order valence-electron chi connectivity index (χ4n) is 3.96. The summed E-state index contributed by atoms with van der Waals surface area (Å²) < 4.78 is 18.3. The van der Waals surface area contributed by atoms with Crippen LogP contribution < -0.4 is 0 Å². The first kappa shape index (κ1) is 17.2. The first-order chi connectivity index (χ1) is 12.7. The maximum Gasteiger partial charge on any atom is 0.226 e. The Bertz CT molecular complexity index is 776. The minimum atomic E-state index is -0.251. The number of hydrogen-bond acceptors (Lipinski definition) is 3. The number of rotatable bonds is 5. The van der Waals surface area contributed by atoms with E-state index in [1.54, 1.807) is 19.2 Å². The molecule has 136 valence electrons. The number of hydrogen-bond donors (Lipinski definition) is 0. The summed E-state index contributed by atoms with van der Waals surface area (Å²) in [7, 11) is 1.69. The van der Waals surface area contributed by atoms with Crippen molar-refractivity contribution in [3.05, 3.63) is 54.0 Å². The minimum absolute atomic E-state index is 0.0749. The third-order valence-electron chi connectivity index (χ3n) is 5.48. The first-order valence-corrected chi connectivity index (χ1v) is 9.18. The van der Waals surface area contributed by atoms with E-state index in [2.05, 4.69) is 4.98 Å². The molecule has 0 bridgehead atoms. The van der Waals surface area contributed by atoms with Gasteiger partial charge in [-0.1, -0.05) is 6.07 Å². The molecule has 1 aromatic carbocycles. The van der Waals surface area contributed by atoms with Gasteiger partial charge in [-0.2, -0.15) is 0 Å². The van der Waals surface area contributed by atoms with Gasteiger partial charge in [0.15, 0.2) is 0 Å². The smallest absolute Gasteiger partial charge is 0.226 e. The normalized spacial score (nSPS) is 24.7. The van der Waals surface area contributed by atoms with Crippen LogP contribution in [0.1, 0.15) is 30.7 Å². The number of benzene rings is 1. The van der Waals surface area contributed by atoms with E-state index in [-0.39, 0.29) is 29.6 Å². The van der Waals surface area contributed by atoms with Gasteiger partial charge in [0.1, 0.15) is 5.82 Å². The quantitative estimate of drug-likeness (QED) is 0.823. The molecule has 4 nitrogen and oxygen atoms in total. The molecule has 0 N–H and O–H groups in total. The van der Waals surface area contributed by atoms with E-state index in [0.717, 1.165) is 42.6 Å². The Morgan fingerprint density at radius 3 is 2.77 bits per heavy atom. The summed E-state index contributed by atoms with van der Waals surface area (Å²) in [6.07, 6.45) is 4.84. The fraction of sp³-hybridized carbons (Fsp3) is 0.429. The molecule has 2 heterocycles. The van der Waals surface area contributed by atoms with Crippen LogP contribution in [0.25, 0.3) is 11.3 Å². The molecule has 26 heavy (non-hydrogen) atoms. The SMILES string of the molecule is COC[C@H]1CCCN1C(=O)[C@@H]1C[C@H]1c1ccc(-c2ccc(F)cc2)nc1. The monoisotopic (exact) mass is 354 g/mol. The highest BCUT2D eigenvalue weighted by atomic mass is 19.1. The zero-order valence-corrected chi connectivity index (χ0v) is 14.9. The van der Waals surface area contributed by atoms with Crippen molar-refractivity contribution < 1.29 is 13.9 Å². The average Bonchev–Trinajstić information content (AvgIpc) is 3.33. The molecule has 2 fully saturated rings. The van der Waals surface area contributed by atoms with Crippen molar-refractivity contribution in [3.63, 3.8) is 0 Å². The van der Waals surface area contributed by atoms with Crippen LogP contribution in [-0.4, -0.2) is 42.1 Å². The average molecular weight is 354 g/mol. The highest BCUT2D eigenvalue weighted by Gasteiger charge is 2.47. The van der Waals surface area contributed by atoms with Gasteiger partial charge in [0.05, 0.1) is 18.3 Å². The molecule has 1 aliphatic heterocycles. The van der Waals surface area contributed by atoms with Crippen molar-refractivity contribution in [1.82, 2.24) is 9.88 Å². The number of carbonyl (C=O) groups excluding carboxylic acids is 1. The van der Waals surface area contributed by atoms with Crippen molar-refractivity contribution in [2.45, 2.75) is 31.2 Å². The Hall–Kier alpha value is -2.27. The molecule has 3 atom stereocenters. The van der Waals surface area contributed by atoms with Crippen LogP contribution in [-0.2, 0) is 9.53 Å². The van der Waals surface area contributed by atoms with Crippen LogP contribution in [0.2, 0.25) is 0 Å². The highest BCUT2D eigenvalue weighted by molar-refractivity contribution is 5.83. The lowest BCUT2D eigenvalue weighted by Crippen LogP contribution is -2.39. The molecule has 1 saturated carbocycles. The number of pyridine rings is 1. The molecule has 0 spiro atoms. The molecule has 1 saturated heterocycles. The third kappa shape index (κ3) is 3.36. The van der Waals surface area contributed by atoms with E-state index in [9.17, 15) is 9.18 Å². The number of amides is 1. The van der Waals surface area contributed by atoms with Gasteiger partial charge in [0, 0.05) is 31.3 Å². The molecule has 4 rings (SSSR count). The number of ether oxygens (including phenoxy) is 1. The Morgan fingerprint density at radius 1 is 1.27 bits per heavy atom. The van der Waals surface area contributed by atoms with Gasteiger partial charge in [0.25, 0.3) is 0 Å². The number of carbonyl (C=O) groups is 1. The highest BCUT2D eigenvalue weighted by Crippen LogP contribution is 2.49. The number of halogens is 1. The number of likely N-dealkylation sites (tertiary alicyclic amines) is 1. The van der Waals surface area contributed by atoms with Crippen LogP contribution in [0, 0.1) is 11.7 Å². The molecule has 0 radical (unpaired) electrons. The molecule has 1 aromatic heterocycles. The maximum absolute atomic E-state index is 13.0. The van der Waals surface area contributed by atoms with E-state index >= 15 is 0 Å². The van der Waals surface area contributed by atoms with E-state index in [1.807, 2.05) is 23.2 Å². The Morgan fingerprint density at radius 2 is 2.08 bits per heavy atom. The van der Waals surface area contributed by atoms with Gasteiger partial charge in [-0.25, -0.2) is 4.39 Å². The minimum Gasteiger partial charge on any atom is -0.383 e. The van der Waals surface area contributed by atoms with Crippen LogP contribution >= 0.6 is 0 Å². The van der Waals surface area contributed by atoms with Gasteiger partial charge >= 0.3 is 0 Å². The van der Waals surface area contributed by atoms with Crippen LogP contribution in [0.3, 0.4) is 0 Å². The van der Waals surface area contributed by atoms with Crippen LogP contribution in [0.5, 0.6) is 0 Å². The van der Waals surface area contributed by atoms with Gasteiger partial charge in [0.2, 0.25) is 5.91 Å². The zero-order valence-electron chi connectivity index (χ0n) is 14.9. The number of nitrogens with zero attached hydrogens (tertiary/aromatic N) is 2. The molecule has 0 unspecified atom stereocenters. The largest absolute Gasteiger partial charge is 0.383 e. The van der Waals surface area contributed by atoms with Gasteiger partial charge < -0.3 is 9.64 Å². The van der Waals surface area contributed by atoms with Crippen molar-refractivity contribution in [3.8, 4) is 11.3 Å². The number of methoxy groups -OCH3 is 1. The summed E-state index contributed by atoms with van der Waals surface area (Å²) in [6.45, 7) is 1.47. The van der Waals surface area contributed by atoms with Crippen LogP contribution in [0.4, 0.5) is 4.39 Å². The molecule has 1 amide bonds. The van der Waals surface area contributed by atoms with Crippen molar-refractivity contribution in [2.24, 2.45) is 5.92 Å². The summed E-state index contributed by atoms with van der Waals surface area (Å²) >= 11 is 0. The van der Waals surface area contributed by atoms with Gasteiger partial charge in [-0.3, -0.25) is 9.78 Å². The molecule has 2 aromatic rings. The summed E-state index contributed by atoms with van der Waals surface area (Å²) in [4.78, 5) is 19.3. The summed E-state index contributed by atoms with van der Waals surface area (Å²) in [5.74, 6) is 0.350. The standard InChI is InChI=1S/C21H23FN2O2/c1-26-13-17-3-2-10-24(17)21(25)19-11-18(19)15-6-9-20(23-12-15)14-4-7-16(22)8-5-14/h4-9,12,17-19H,2-3,10-11,13H2,1H3/t17-,18+,19-/m1/s1. The van der Waals surface area contributed by atoms with Crippen molar-refractivity contribution >= 4 is 5.91 Å². The Kier molecular flexibility index (Phi) is 4.72. The second-order valence-corrected chi connectivity index (χ2v) is 7.22. The third-order valence-corrected chi connectivity index (χ3v) is 5.48.